The first-order valence-electron chi connectivity index (χ1n) is 9.90. The van der Waals surface area contributed by atoms with E-state index < -0.39 is 5.97 Å². The van der Waals surface area contributed by atoms with Crippen molar-refractivity contribution in [3.05, 3.63) is 106 Å². The highest BCUT2D eigenvalue weighted by Crippen LogP contribution is 2.38. The first-order valence-corrected chi connectivity index (χ1v) is 10.3. The van der Waals surface area contributed by atoms with Gasteiger partial charge in [0.15, 0.2) is 0 Å². The zero-order chi connectivity index (χ0) is 22.8. The van der Waals surface area contributed by atoms with Crippen molar-refractivity contribution in [2.45, 2.75) is 6.92 Å². The van der Waals surface area contributed by atoms with E-state index in [1.807, 2.05) is 42.5 Å². The summed E-state index contributed by atoms with van der Waals surface area (Å²) in [7, 11) is 1.60. The van der Waals surface area contributed by atoms with E-state index in [-0.39, 0.29) is 11.5 Å². The molecular formula is C26H20ClNO4. The van der Waals surface area contributed by atoms with Gasteiger partial charge in [0.1, 0.15) is 5.75 Å². The topological polar surface area (TPSA) is 66.8 Å². The number of hydrogen-bond acceptors (Lipinski definition) is 3. The van der Waals surface area contributed by atoms with Crippen LogP contribution in [0.25, 0.3) is 11.8 Å². The molecule has 0 aliphatic carbocycles. The molecule has 0 radical (unpaired) electrons. The summed E-state index contributed by atoms with van der Waals surface area (Å²) in [5, 5.41) is 10.1. The lowest BCUT2D eigenvalue weighted by molar-refractivity contribution is -0.113. The Bertz CT molecular complexity index is 1260. The van der Waals surface area contributed by atoms with Crippen molar-refractivity contribution in [3.8, 4) is 5.75 Å². The molecule has 3 aromatic carbocycles. The summed E-state index contributed by atoms with van der Waals surface area (Å²) < 4.78 is 5.20. The van der Waals surface area contributed by atoms with E-state index >= 15 is 0 Å². The lowest BCUT2D eigenvalue weighted by Gasteiger charge is -2.23. The van der Waals surface area contributed by atoms with E-state index in [2.05, 4.69) is 0 Å². The fourth-order valence-electron chi connectivity index (χ4n) is 3.66. The molecular weight excluding hydrogens is 426 g/mol. The Kier molecular flexibility index (Phi) is 5.84. The van der Waals surface area contributed by atoms with Gasteiger partial charge in [0.2, 0.25) is 0 Å². The van der Waals surface area contributed by atoms with Crippen molar-refractivity contribution in [1.29, 1.82) is 0 Å². The third kappa shape index (κ3) is 4.03. The number of carboxylic acids is 1. The van der Waals surface area contributed by atoms with Crippen LogP contribution in [0.2, 0.25) is 5.02 Å². The third-order valence-corrected chi connectivity index (χ3v) is 5.59. The molecule has 0 atom stereocenters. The van der Waals surface area contributed by atoms with Gasteiger partial charge in [-0.15, -0.1) is 0 Å². The molecule has 0 fully saturated rings. The monoisotopic (exact) mass is 445 g/mol. The second-order valence-electron chi connectivity index (χ2n) is 7.30. The average Bonchev–Trinajstić information content (AvgIpc) is 3.10. The molecule has 0 saturated carbocycles. The molecule has 1 aliphatic heterocycles. The molecule has 0 bridgehead atoms. The number of benzene rings is 3. The molecule has 0 aromatic heterocycles. The molecule has 1 amide bonds. The molecule has 0 saturated heterocycles. The van der Waals surface area contributed by atoms with Crippen LogP contribution in [0.4, 0.5) is 5.69 Å². The van der Waals surface area contributed by atoms with Gasteiger partial charge < -0.3 is 9.84 Å². The summed E-state index contributed by atoms with van der Waals surface area (Å²) in [6.45, 7) is 1.71. The first kappa shape index (κ1) is 21.4. The maximum atomic E-state index is 13.5. The molecule has 5 nitrogen and oxygen atoms in total. The number of amides is 1. The fraction of sp³-hybridized carbons (Fsp3) is 0.0769. The van der Waals surface area contributed by atoms with Crippen LogP contribution in [0.3, 0.4) is 0 Å². The van der Waals surface area contributed by atoms with Crippen LogP contribution in [-0.2, 0) is 4.79 Å². The van der Waals surface area contributed by atoms with Gasteiger partial charge in [-0.05, 0) is 72.2 Å². The van der Waals surface area contributed by atoms with Gasteiger partial charge in [0.25, 0.3) is 5.91 Å². The summed E-state index contributed by atoms with van der Waals surface area (Å²) in [6, 6.07) is 19.5. The zero-order valence-corrected chi connectivity index (χ0v) is 18.3. The van der Waals surface area contributed by atoms with Crippen LogP contribution in [0.15, 0.2) is 78.4 Å². The number of carboxylic acid groups (broad SMARTS) is 1. The maximum absolute atomic E-state index is 13.5. The van der Waals surface area contributed by atoms with Crippen LogP contribution in [0, 0.1) is 6.92 Å². The van der Waals surface area contributed by atoms with E-state index in [0.29, 0.717) is 27.5 Å². The minimum Gasteiger partial charge on any atom is -0.497 e. The zero-order valence-electron chi connectivity index (χ0n) is 17.5. The number of carbonyl (C=O) groups is 2. The molecule has 1 heterocycles. The summed E-state index contributed by atoms with van der Waals surface area (Å²) >= 11 is 6.06. The van der Waals surface area contributed by atoms with Crippen LogP contribution >= 0.6 is 11.6 Å². The number of halogens is 1. The minimum absolute atomic E-state index is 0.151. The number of methoxy groups -OCH3 is 1. The Morgan fingerprint density at radius 2 is 1.72 bits per heavy atom. The van der Waals surface area contributed by atoms with E-state index in [0.717, 1.165) is 16.9 Å². The molecule has 160 valence electrons. The Labute approximate surface area is 190 Å². The molecule has 1 N–H and O–H groups in total. The predicted octanol–water partition coefficient (Wildman–Crippen LogP) is 5.83. The standard InChI is InChI=1S/C26H20ClNO4/c1-16-22(26(30)31)4-3-5-23(16)28-24(18-8-10-20(27)11-9-18)15-19(25(28)29)14-17-6-12-21(32-2)13-7-17/h3-15H,1-2H3,(H,30,31)/b19-14-. The van der Waals surface area contributed by atoms with Gasteiger partial charge in [-0.2, -0.15) is 0 Å². The first-order chi connectivity index (χ1) is 15.4. The largest absolute Gasteiger partial charge is 0.497 e. The van der Waals surface area contributed by atoms with Gasteiger partial charge >= 0.3 is 5.97 Å². The van der Waals surface area contributed by atoms with Crippen molar-refractivity contribution in [2.24, 2.45) is 0 Å². The van der Waals surface area contributed by atoms with E-state index in [1.54, 1.807) is 49.3 Å². The van der Waals surface area contributed by atoms with Crippen LogP contribution in [0.5, 0.6) is 5.75 Å². The molecule has 32 heavy (non-hydrogen) atoms. The lowest BCUT2D eigenvalue weighted by Crippen LogP contribution is -2.26. The predicted molar refractivity (Wildman–Crippen MR) is 126 cm³/mol. The SMILES string of the molecule is COc1ccc(/C=C2/C=C(c3ccc(Cl)cc3)N(c3cccc(C(=O)O)c3C)C2=O)cc1. The Morgan fingerprint density at radius 1 is 1.03 bits per heavy atom. The van der Waals surface area contributed by atoms with Crippen molar-refractivity contribution in [1.82, 2.24) is 0 Å². The fourth-order valence-corrected chi connectivity index (χ4v) is 3.79. The smallest absolute Gasteiger partial charge is 0.336 e. The second kappa shape index (κ2) is 8.73. The van der Waals surface area contributed by atoms with Gasteiger partial charge in [-0.3, -0.25) is 9.69 Å². The molecule has 0 spiro atoms. The van der Waals surface area contributed by atoms with Gasteiger partial charge in [-0.1, -0.05) is 41.9 Å². The number of hydrogen-bond donors (Lipinski definition) is 1. The van der Waals surface area contributed by atoms with Crippen molar-refractivity contribution in [3.63, 3.8) is 0 Å². The highest BCUT2D eigenvalue weighted by molar-refractivity contribution is 6.30. The summed E-state index contributed by atoms with van der Waals surface area (Å²) in [6.07, 6.45) is 3.61. The number of ether oxygens (including phenoxy) is 1. The van der Waals surface area contributed by atoms with Crippen molar-refractivity contribution in [2.75, 3.05) is 12.0 Å². The lowest BCUT2D eigenvalue weighted by atomic mass is 10.0. The quantitative estimate of drug-likeness (QED) is 0.502. The minimum atomic E-state index is -1.04. The number of rotatable bonds is 5. The van der Waals surface area contributed by atoms with E-state index in [1.165, 1.54) is 6.07 Å². The number of nitrogens with zero attached hydrogens (tertiary/aromatic N) is 1. The van der Waals surface area contributed by atoms with Crippen molar-refractivity contribution >= 4 is 40.9 Å². The van der Waals surface area contributed by atoms with Gasteiger partial charge in [0, 0.05) is 10.6 Å². The van der Waals surface area contributed by atoms with E-state index in [4.69, 9.17) is 16.3 Å². The maximum Gasteiger partial charge on any atom is 0.336 e. The van der Waals surface area contributed by atoms with Crippen LogP contribution < -0.4 is 9.64 Å². The summed E-state index contributed by atoms with van der Waals surface area (Å²) in [5.41, 5.74) is 3.96. The Hall–Kier alpha value is -3.83. The van der Waals surface area contributed by atoms with E-state index in [9.17, 15) is 14.7 Å². The molecule has 1 aliphatic rings. The number of anilines is 1. The molecule has 0 unspecified atom stereocenters. The van der Waals surface area contributed by atoms with Crippen molar-refractivity contribution < 1.29 is 19.4 Å². The molecule has 6 heteroatoms. The van der Waals surface area contributed by atoms with Crippen LogP contribution in [-0.4, -0.2) is 24.1 Å². The van der Waals surface area contributed by atoms with Crippen LogP contribution in [0.1, 0.15) is 27.0 Å². The highest BCUT2D eigenvalue weighted by Gasteiger charge is 2.32. The highest BCUT2D eigenvalue weighted by atomic mass is 35.5. The normalized spacial score (nSPS) is 14.6. The Morgan fingerprint density at radius 3 is 2.34 bits per heavy atom. The average molecular weight is 446 g/mol. The second-order valence-corrected chi connectivity index (χ2v) is 7.74. The third-order valence-electron chi connectivity index (χ3n) is 5.34. The van der Waals surface area contributed by atoms with Gasteiger partial charge in [-0.25, -0.2) is 4.79 Å². The summed E-state index contributed by atoms with van der Waals surface area (Å²) in [5.74, 6) is -0.552. The van der Waals surface area contributed by atoms with Gasteiger partial charge in [0.05, 0.1) is 24.1 Å². The molecule has 4 rings (SSSR count). The summed E-state index contributed by atoms with van der Waals surface area (Å²) in [4.78, 5) is 26.7. The number of carbonyl (C=O) groups excluding carboxylic acids is 1. The number of aromatic carboxylic acids is 1. The Balaban J connectivity index is 1.85. The molecule has 3 aromatic rings.